The van der Waals surface area contributed by atoms with Crippen LogP contribution in [0.5, 0.6) is 0 Å². The number of hydrogen-bond donors (Lipinski definition) is 1. The van der Waals surface area contributed by atoms with Crippen LogP contribution in [0.2, 0.25) is 0 Å². The Kier molecular flexibility index (Phi) is 2.35. The Labute approximate surface area is 83.8 Å². The summed E-state index contributed by atoms with van der Waals surface area (Å²) in [7, 11) is 1.80. The summed E-state index contributed by atoms with van der Waals surface area (Å²) < 4.78 is 7.51. The molecule has 0 amide bonds. The molecule has 2 atom stereocenters. The van der Waals surface area contributed by atoms with E-state index in [1.807, 2.05) is 0 Å². The Morgan fingerprint density at radius 2 is 2.38 bits per heavy atom. The molecule has 5 nitrogen and oxygen atoms in total. The first-order chi connectivity index (χ1) is 6.20. The molecule has 1 aromatic heterocycles. The van der Waals surface area contributed by atoms with E-state index < -0.39 is 6.10 Å². The second-order valence-corrected chi connectivity index (χ2v) is 3.85. The molecule has 1 aliphatic heterocycles. The normalized spacial score (nSPS) is 28.2. The van der Waals surface area contributed by atoms with E-state index in [1.165, 1.54) is 0 Å². The lowest BCUT2D eigenvalue weighted by Gasteiger charge is -2.11. The van der Waals surface area contributed by atoms with Gasteiger partial charge in [0.25, 0.3) is 0 Å². The molecular weight excluding hydrogens is 238 g/mol. The summed E-state index contributed by atoms with van der Waals surface area (Å²) in [5.41, 5.74) is 0.894. The summed E-state index contributed by atoms with van der Waals surface area (Å²) in [5.74, 6) is -0.0191. The van der Waals surface area contributed by atoms with Crippen molar-refractivity contribution in [2.45, 2.75) is 12.0 Å². The SMILES string of the molecule is Cn1nnc(Br)c1[C@@H]1COC[C@H]1O. The Morgan fingerprint density at radius 3 is 2.85 bits per heavy atom. The molecule has 1 N–H and O–H groups in total. The molecule has 0 aliphatic carbocycles. The fourth-order valence-corrected chi connectivity index (χ4v) is 2.16. The van der Waals surface area contributed by atoms with E-state index in [0.29, 0.717) is 17.8 Å². The lowest BCUT2D eigenvalue weighted by Crippen LogP contribution is -2.18. The van der Waals surface area contributed by atoms with E-state index in [9.17, 15) is 5.11 Å². The second kappa shape index (κ2) is 3.36. The van der Waals surface area contributed by atoms with Crippen molar-refractivity contribution in [2.24, 2.45) is 7.05 Å². The molecule has 1 saturated heterocycles. The number of nitrogens with zero attached hydrogens (tertiary/aromatic N) is 3. The molecule has 13 heavy (non-hydrogen) atoms. The highest BCUT2D eigenvalue weighted by atomic mass is 79.9. The summed E-state index contributed by atoms with van der Waals surface area (Å²) in [5, 5.41) is 17.3. The van der Waals surface area contributed by atoms with Gasteiger partial charge in [-0.15, -0.1) is 5.10 Å². The number of aromatic nitrogens is 3. The molecule has 6 heteroatoms. The Morgan fingerprint density at radius 1 is 1.62 bits per heavy atom. The molecule has 1 aliphatic rings. The molecular formula is C7H10BrN3O2. The van der Waals surface area contributed by atoms with Gasteiger partial charge in [-0.1, -0.05) is 5.21 Å². The van der Waals surface area contributed by atoms with E-state index in [0.717, 1.165) is 5.69 Å². The highest BCUT2D eigenvalue weighted by Gasteiger charge is 2.32. The van der Waals surface area contributed by atoms with Gasteiger partial charge < -0.3 is 9.84 Å². The van der Waals surface area contributed by atoms with Gasteiger partial charge in [0.15, 0.2) is 4.60 Å². The predicted octanol–water partition coefficient (Wildman–Crippen LogP) is 0.0523. The van der Waals surface area contributed by atoms with Crippen LogP contribution in [0, 0.1) is 0 Å². The van der Waals surface area contributed by atoms with Crippen molar-refractivity contribution in [3.05, 3.63) is 10.3 Å². The van der Waals surface area contributed by atoms with Gasteiger partial charge in [-0.2, -0.15) is 0 Å². The quantitative estimate of drug-likeness (QED) is 0.763. The highest BCUT2D eigenvalue weighted by molar-refractivity contribution is 9.10. The fourth-order valence-electron chi connectivity index (χ4n) is 1.54. The first kappa shape index (κ1) is 9.11. The van der Waals surface area contributed by atoms with Gasteiger partial charge in [-0.3, -0.25) is 4.68 Å². The van der Waals surface area contributed by atoms with Gasteiger partial charge in [0.2, 0.25) is 0 Å². The van der Waals surface area contributed by atoms with Gasteiger partial charge in [0, 0.05) is 7.05 Å². The molecule has 0 radical (unpaired) electrons. The Hall–Kier alpha value is -0.460. The molecule has 2 rings (SSSR count). The minimum atomic E-state index is -0.450. The first-order valence-corrected chi connectivity index (χ1v) is 4.80. The summed E-state index contributed by atoms with van der Waals surface area (Å²) in [4.78, 5) is 0. The second-order valence-electron chi connectivity index (χ2n) is 3.10. The molecule has 2 heterocycles. The van der Waals surface area contributed by atoms with Crippen LogP contribution in [-0.4, -0.2) is 39.4 Å². The zero-order valence-electron chi connectivity index (χ0n) is 7.14. The van der Waals surface area contributed by atoms with Gasteiger partial charge in [-0.05, 0) is 15.9 Å². The number of aliphatic hydroxyl groups excluding tert-OH is 1. The summed E-state index contributed by atoms with van der Waals surface area (Å²) in [6.45, 7) is 0.920. The first-order valence-electron chi connectivity index (χ1n) is 4.01. The van der Waals surface area contributed by atoms with Crippen molar-refractivity contribution in [3.63, 3.8) is 0 Å². The van der Waals surface area contributed by atoms with Gasteiger partial charge in [0.1, 0.15) is 0 Å². The van der Waals surface area contributed by atoms with Crippen molar-refractivity contribution in [1.29, 1.82) is 0 Å². The van der Waals surface area contributed by atoms with Crippen LogP contribution in [0.25, 0.3) is 0 Å². The monoisotopic (exact) mass is 247 g/mol. The minimum absolute atomic E-state index is 0.0191. The van der Waals surface area contributed by atoms with E-state index in [2.05, 4.69) is 26.2 Å². The maximum absolute atomic E-state index is 9.59. The smallest absolute Gasteiger partial charge is 0.152 e. The zero-order chi connectivity index (χ0) is 9.42. The van der Waals surface area contributed by atoms with Crippen molar-refractivity contribution < 1.29 is 9.84 Å². The minimum Gasteiger partial charge on any atom is -0.390 e. The number of rotatable bonds is 1. The van der Waals surface area contributed by atoms with Crippen molar-refractivity contribution in [3.8, 4) is 0 Å². The van der Waals surface area contributed by atoms with Crippen LogP contribution in [0.15, 0.2) is 4.60 Å². The number of hydrogen-bond acceptors (Lipinski definition) is 4. The maximum atomic E-state index is 9.59. The number of ether oxygens (including phenoxy) is 1. The van der Waals surface area contributed by atoms with Crippen molar-refractivity contribution >= 4 is 15.9 Å². The predicted molar refractivity (Wildman–Crippen MR) is 48.3 cm³/mol. The van der Waals surface area contributed by atoms with Crippen LogP contribution in [0.3, 0.4) is 0 Å². The number of aryl methyl sites for hydroxylation is 1. The Balaban J connectivity index is 2.33. The average Bonchev–Trinajstić information content (AvgIpc) is 2.60. The van der Waals surface area contributed by atoms with Gasteiger partial charge >= 0.3 is 0 Å². The van der Waals surface area contributed by atoms with E-state index in [-0.39, 0.29) is 5.92 Å². The van der Waals surface area contributed by atoms with Crippen LogP contribution >= 0.6 is 15.9 Å². The highest BCUT2D eigenvalue weighted by Crippen LogP contribution is 2.29. The molecule has 0 aromatic carbocycles. The fraction of sp³-hybridized carbons (Fsp3) is 0.714. The third kappa shape index (κ3) is 1.49. The van der Waals surface area contributed by atoms with Crippen LogP contribution in [0.4, 0.5) is 0 Å². The van der Waals surface area contributed by atoms with Crippen LogP contribution in [-0.2, 0) is 11.8 Å². The lowest BCUT2D eigenvalue weighted by molar-refractivity contribution is 0.124. The van der Waals surface area contributed by atoms with Crippen molar-refractivity contribution in [2.75, 3.05) is 13.2 Å². The molecule has 0 bridgehead atoms. The lowest BCUT2D eigenvalue weighted by atomic mass is 10.0. The third-order valence-corrected chi connectivity index (χ3v) is 2.79. The zero-order valence-corrected chi connectivity index (χ0v) is 8.73. The van der Waals surface area contributed by atoms with Gasteiger partial charge in [0.05, 0.1) is 30.9 Å². The summed E-state index contributed by atoms with van der Waals surface area (Å²) in [6, 6.07) is 0. The molecule has 1 fully saturated rings. The maximum Gasteiger partial charge on any atom is 0.152 e. The largest absolute Gasteiger partial charge is 0.390 e. The Bertz CT molecular complexity index is 295. The summed E-state index contributed by atoms with van der Waals surface area (Å²) >= 11 is 3.29. The molecule has 0 spiro atoms. The van der Waals surface area contributed by atoms with Crippen LogP contribution in [0.1, 0.15) is 11.6 Å². The number of aliphatic hydroxyl groups is 1. The topological polar surface area (TPSA) is 60.2 Å². The van der Waals surface area contributed by atoms with Gasteiger partial charge in [-0.25, -0.2) is 0 Å². The summed E-state index contributed by atoms with van der Waals surface area (Å²) in [6.07, 6.45) is -0.450. The number of halogens is 1. The average molecular weight is 248 g/mol. The van der Waals surface area contributed by atoms with E-state index in [4.69, 9.17) is 4.74 Å². The third-order valence-electron chi connectivity index (χ3n) is 2.23. The van der Waals surface area contributed by atoms with Crippen LogP contribution < -0.4 is 0 Å². The van der Waals surface area contributed by atoms with E-state index in [1.54, 1.807) is 11.7 Å². The molecule has 0 saturated carbocycles. The van der Waals surface area contributed by atoms with E-state index >= 15 is 0 Å². The molecule has 72 valence electrons. The van der Waals surface area contributed by atoms with Crippen molar-refractivity contribution in [1.82, 2.24) is 15.0 Å². The standard InChI is InChI=1S/C7H10BrN3O2/c1-11-6(7(8)9-10-11)4-2-13-3-5(4)12/h4-5,12H,2-3H2,1H3/t4-,5-/m1/s1. The molecule has 0 unspecified atom stereocenters. The molecule has 1 aromatic rings.